The summed E-state index contributed by atoms with van der Waals surface area (Å²) in [6.45, 7) is 3.36. The molecule has 24 heavy (non-hydrogen) atoms. The summed E-state index contributed by atoms with van der Waals surface area (Å²) in [5, 5.41) is 2.38. The molecule has 7 nitrogen and oxygen atoms in total. The molecule has 1 aromatic rings. The van der Waals surface area contributed by atoms with Crippen molar-refractivity contribution in [2.45, 2.75) is 45.2 Å². The highest BCUT2D eigenvalue weighted by Crippen LogP contribution is 2.22. The van der Waals surface area contributed by atoms with E-state index in [1.165, 1.54) is 6.07 Å². The SMILES string of the molecule is C[C@@H]1CCC[C@H](C)N1C(=O)COC(=O)CNC(=O)c1ccc(Br)o1. The number of piperidine rings is 1. The lowest BCUT2D eigenvalue weighted by molar-refractivity contribution is -0.154. The Labute approximate surface area is 148 Å². The van der Waals surface area contributed by atoms with Crippen LogP contribution >= 0.6 is 15.9 Å². The number of hydrogen-bond donors (Lipinski definition) is 1. The van der Waals surface area contributed by atoms with Gasteiger partial charge in [0, 0.05) is 12.1 Å². The lowest BCUT2D eigenvalue weighted by atomic mass is 9.97. The molecule has 132 valence electrons. The van der Waals surface area contributed by atoms with Gasteiger partial charge in [0.25, 0.3) is 11.8 Å². The van der Waals surface area contributed by atoms with Gasteiger partial charge >= 0.3 is 5.97 Å². The van der Waals surface area contributed by atoms with Gasteiger partial charge in [0.05, 0.1) is 0 Å². The number of carbonyl (C=O) groups is 3. The van der Waals surface area contributed by atoms with Crippen molar-refractivity contribution >= 4 is 33.7 Å². The highest BCUT2D eigenvalue weighted by atomic mass is 79.9. The topological polar surface area (TPSA) is 88.9 Å². The predicted octanol–water partition coefficient (Wildman–Crippen LogP) is 2.10. The molecular weight excluding hydrogens is 380 g/mol. The van der Waals surface area contributed by atoms with Crippen molar-refractivity contribution in [2.75, 3.05) is 13.2 Å². The maximum Gasteiger partial charge on any atom is 0.325 e. The number of nitrogens with one attached hydrogen (secondary N) is 1. The van der Waals surface area contributed by atoms with E-state index < -0.39 is 11.9 Å². The van der Waals surface area contributed by atoms with E-state index in [1.54, 1.807) is 11.0 Å². The summed E-state index contributed by atoms with van der Waals surface area (Å²) < 4.78 is 10.5. The third kappa shape index (κ3) is 4.83. The molecular formula is C16H21BrN2O5. The Hall–Kier alpha value is -1.83. The van der Waals surface area contributed by atoms with Crippen molar-refractivity contribution in [1.29, 1.82) is 0 Å². The molecule has 0 aromatic carbocycles. The van der Waals surface area contributed by atoms with Crippen LogP contribution in [0.25, 0.3) is 0 Å². The summed E-state index contributed by atoms with van der Waals surface area (Å²) in [7, 11) is 0. The first kappa shape index (κ1) is 18.5. The minimum absolute atomic E-state index is 0.0849. The third-order valence-corrected chi connectivity index (χ3v) is 4.45. The van der Waals surface area contributed by atoms with Crippen LogP contribution in [-0.2, 0) is 14.3 Å². The Morgan fingerprint density at radius 3 is 2.54 bits per heavy atom. The van der Waals surface area contributed by atoms with Crippen molar-refractivity contribution in [2.24, 2.45) is 0 Å². The maximum atomic E-state index is 12.2. The summed E-state index contributed by atoms with van der Waals surface area (Å²) in [4.78, 5) is 37.4. The van der Waals surface area contributed by atoms with E-state index in [0.717, 1.165) is 19.3 Å². The zero-order valence-electron chi connectivity index (χ0n) is 13.7. The van der Waals surface area contributed by atoms with Gasteiger partial charge in [-0.3, -0.25) is 14.4 Å². The normalized spacial score (nSPS) is 20.5. The summed E-state index contributed by atoms with van der Waals surface area (Å²) in [5.74, 6) is -1.31. The number of ether oxygens (including phenoxy) is 1. The smallest absolute Gasteiger partial charge is 0.325 e. The molecule has 0 aliphatic carbocycles. The number of amides is 2. The second-order valence-corrected chi connectivity index (χ2v) is 6.66. The minimum atomic E-state index is -0.667. The fraction of sp³-hybridized carbons (Fsp3) is 0.562. The first-order chi connectivity index (χ1) is 11.4. The minimum Gasteiger partial charge on any atom is -0.454 e. The van der Waals surface area contributed by atoms with Crippen LogP contribution in [0.15, 0.2) is 21.2 Å². The Bertz CT molecular complexity index is 605. The number of nitrogens with zero attached hydrogens (tertiary/aromatic N) is 1. The predicted molar refractivity (Wildman–Crippen MR) is 89.3 cm³/mol. The van der Waals surface area contributed by atoms with E-state index in [9.17, 15) is 14.4 Å². The molecule has 1 aromatic heterocycles. The van der Waals surface area contributed by atoms with Gasteiger partial charge in [-0.05, 0) is 61.2 Å². The van der Waals surface area contributed by atoms with E-state index >= 15 is 0 Å². The molecule has 0 spiro atoms. The van der Waals surface area contributed by atoms with Gasteiger partial charge in [0.1, 0.15) is 6.54 Å². The molecule has 0 unspecified atom stereocenters. The second-order valence-electron chi connectivity index (χ2n) is 5.88. The maximum absolute atomic E-state index is 12.2. The molecule has 2 atom stereocenters. The molecule has 0 saturated carbocycles. The van der Waals surface area contributed by atoms with Crippen LogP contribution in [0.4, 0.5) is 0 Å². The van der Waals surface area contributed by atoms with Crippen LogP contribution in [0.1, 0.15) is 43.7 Å². The number of halogens is 1. The van der Waals surface area contributed by atoms with E-state index in [1.807, 2.05) is 13.8 Å². The Kier molecular flexibility index (Phi) is 6.42. The average molecular weight is 401 g/mol. The Morgan fingerprint density at radius 1 is 1.29 bits per heavy atom. The van der Waals surface area contributed by atoms with Crippen LogP contribution in [0.5, 0.6) is 0 Å². The van der Waals surface area contributed by atoms with Crippen LogP contribution in [-0.4, -0.2) is 47.9 Å². The molecule has 8 heteroatoms. The molecule has 1 aliphatic rings. The highest BCUT2D eigenvalue weighted by Gasteiger charge is 2.29. The van der Waals surface area contributed by atoms with Crippen molar-refractivity contribution in [1.82, 2.24) is 10.2 Å². The summed E-state index contributed by atoms with van der Waals surface area (Å²) >= 11 is 3.09. The lowest BCUT2D eigenvalue weighted by Crippen LogP contribution is -2.49. The van der Waals surface area contributed by atoms with Crippen LogP contribution in [0, 0.1) is 0 Å². The molecule has 0 bridgehead atoms. The van der Waals surface area contributed by atoms with Crippen molar-refractivity contribution in [3.05, 3.63) is 22.6 Å². The zero-order chi connectivity index (χ0) is 17.7. The summed E-state index contributed by atoms with van der Waals surface area (Å²) in [5.41, 5.74) is 0. The van der Waals surface area contributed by atoms with Crippen molar-refractivity contribution in [3.63, 3.8) is 0 Å². The molecule has 2 rings (SSSR count). The molecule has 1 fully saturated rings. The van der Waals surface area contributed by atoms with Gasteiger partial charge in [-0.15, -0.1) is 0 Å². The fourth-order valence-corrected chi connectivity index (χ4v) is 3.16. The molecule has 2 amide bonds. The monoisotopic (exact) mass is 400 g/mol. The van der Waals surface area contributed by atoms with Crippen molar-refractivity contribution in [3.8, 4) is 0 Å². The van der Waals surface area contributed by atoms with Gasteiger partial charge in [0.2, 0.25) is 0 Å². The number of rotatable bonds is 5. The largest absolute Gasteiger partial charge is 0.454 e. The molecule has 2 heterocycles. The van der Waals surface area contributed by atoms with Gasteiger partial charge in [-0.25, -0.2) is 0 Å². The zero-order valence-corrected chi connectivity index (χ0v) is 15.3. The van der Waals surface area contributed by atoms with Crippen LogP contribution in [0.3, 0.4) is 0 Å². The number of esters is 1. The Morgan fingerprint density at radius 2 is 1.96 bits per heavy atom. The van der Waals surface area contributed by atoms with Gasteiger partial charge < -0.3 is 19.4 Å². The number of likely N-dealkylation sites (tertiary alicyclic amines) is 1. The number of furan rings is 1. The van der Waals surface area contributed by atoms with Gasteiger partial charge in [-0.2, -0.15) is 0 Å². The first-order valence-corrected chi connectivity index (χ1v) is 8.68. The van der Waals surface area contributed by atoms with E-state index in [0.29, 0.717) is 4.67 Å². The van der Waals surface area contributed by atoms with Crippen LogP contribution < -0.4 is 5.32 Å². The standard InChI is InChI=1S/C16H21BrN2O5/c1-10-4-3-5-11(2)19(10)14(20)9-23-15(21)8-18-16(22)12-6-7-13(17)24-12/h6-7,10-11H,3-5,8-9H2,1-2H3,(H,18,22)/t10-,11+. The quantitative estimate of drug-likeness (QED) is 0.764. The first-order valence-electron chi connectivity index (χ1n) is 7.88. The van der Waals surface area contributed by atoms with Crippen molar-refractivity contribution < 1.29 is 23.5 Å². The van der Waals surface area contributed by atoms with Gasteiger partial charge in [-0.1, -0.05) is 0 Å². The van der Waals surface area contributed by atoms with Crippen LogP contribution in [0.2, 0.25) is 0 Å². The number of hydrogen-bond acceptors (Lipinski definition) is 5. The Balaban J connectivity index is 1.74. The lowest BCUT2D eigenvalue weighted by Gasteiger charge is -2.38. The van der Waals surface area contributed by atoms with E-state index in [4.69, 9.17) is 9.15 Å². The van der Waals surface area contributed by atoms with Gasteiger partial charge in [0.15, 0.2) is 17.0 Å². The molecule has 1 N–H and O–H groups in total. The van der Waals surface area contributed by atoms with E-state index in [-0.39, 0.29) is 36.9 Å². The highest BCUT2D eigenvalue weighted by molar-refractivity contribution is 9.10. The molecule has 1 aliphatic heterocycles. The summed E-state index contributed by atoms with van der Waals surface area (Å²) in [6, 6.07) is 3.36. The summed E-state index contributed by atoms with van der Waals surface area (Å²) in [6.07, 6.45) is 3.01. The second kappa shape index (κ2) is 8.32. The fourth-order valence-electron chi connectivity index (χ4n) is 2.86. The average Bonchev–Trinajstić information content (AvgIpc) is 2.97. The third-order valence-electron chi connectivity index (χ3n) is 4.03. The molecule has 1 saturated heterocycles. The number of carbonyl (C=O) groups excluding carboxylic acids is 3. The van der Waals surface area contributed by atoms with E-state index in [2.05, 4.69) is 21.2 Å². The molecule has 0 radical (unpaired) electrons.